The minimum absolute atomic E-state index is 0.0610. The summed E-state index contributed by atoms with van der Waals surface area (Å²) in [5.74, 6) is 0.780. The zero-order valence-electron chi connectivity index (χ0n) is 24.4. The Labute approximate surface area is 235 Å². The van der Waals surface area contributed by atoms with E-state index in [-0.39, 0.29) is 28.6 Å². The first-order chi connectivity index (χ1) is 18.8. The fraction of sp³-hybridized carbons (Fsp3) is 0.600. The van der Waals surface area contributed by atoms with E-state index in [0.29, 0.717) is 24.5 Å². The van der Waals surface area contributed by atoms with Crippen molar-refractivity contribution in [2.24, 2.45) is 5.41 Å². The van der Waals surface area contributed by atoms with Crippen LogP contribution in [0, 0.1) is 11.2 Å². The number of likely N-dealkylation sites (N-methyl/N-ethyl adjacent to an activating group) is 1. The van der Waals surface area contributed by atoms with Gasteiger partial charge in [0.05, 0.1) is 0 Å². The Morgan fingerprint density at radius 1 is 1.23 bits per heavy atom. The van der Waals surface area contributed by atoms with Crippen LogP contribution in [0.25, 0.3) is 0 Å². The van der Waals surface area contributed by atoms with E-state index in [2.05, 4.69) is 34.8 Å². The second-order valence-electron chi connectivity index (χ2n) is 13.1. The van der Waals surface area contributed by atoms with Gasteiger partial charge in [0.15, 0.2) is 0 Å². The highest BCUT2D eigenvalue weighted by atomic mass is 19.1. The summed E-state index contributed by atoms with van der Waals surface area (Å²) in [7, 11) is 1.65. The van der Waals surface area contributed by atoms with Crippen molar-refractivity contribution in [1.82, 2.24) is 20.2 Å². The molecular weight excluding hydrogens is 511 g/mol. The monoisotopic (exact) mass is 552 g/mol. The number of halogens is 1. The number of nitrogens with zero attached hydrogens (tertiary/aromatic N) is 3. The van der Waals surface area contributed by atoms with E-state index in [9.17, 15) is 14.0 Å². The first-order valence-corrected chi connectivity index (χ1v) is 14.2. The Hall–Kier alpha value is -3.43. The van der Waals surface area contributed by atoms with Crippen molar-refractivity contribution in [3.8, 4) is 0 Å². The number of benzene rings is 1. The molecular formula is C30H41FN6O3. The van der Waals surface area contributed by atoms with Crippen molar-refractivity contribution < 1.29 is 18.7 Å². The van der Waals surface area contributed by atoms with Crippen molar-refractivity contribution >= 4 is 29.5 Å². The summed E-state index contributed by atoms with van der Waals surface area (Å²) in [5, 5.41) is 9.80. The molecule has 1 heterocycles. The van der Waals surface area contributed by atoms with E-state index in [0.717, 1.165) is 43.6 Å². The van der Waals surface area contributed by atoms with E-state index >= 15 is 0 Å². The number of hydrogen-bond donors (Lipinski definition) is 3. The zero-order chi connectivity index (χ0) is 28.9. The molecule has 0 radical (unpaired) electrons. The first-order valence-electron chi connectivity index (χ1n) is 14.2. The summed E-state index contributed by atoms with van der Waals surface area (Å²) < 4.78 is 19.1. The van der Waals surface area contributed by atoms with E-state index in [1.807, 2.05) is 27.0 Å². The summed E-state index contributed by atoms with van der Waals surface area (Å²) >= 11 is 0. The molecule has 1 atom stereocenters. The molecule has 3 saturated carbocycles. The Bertz CT molecular complexity index is 1300. The van der Waals surface area contributed by atoms with E-state index in [1.54, 1.807) is 19.2 Å². The Morgan fingerprint density at radius 3 is 2.58 bits per heavy atom. The smallest absolute Gasteiger partial charge is 0.410 e. The molecule has 40 heavy (non-hydrogen) atoms. The Morgan fingerprint density at radius 2 is 1.95 bits per heavy atom. The highest BCUT2D eigenvalue weighted by molar-refractivity contribution is 5.93. The van der Waals surface area contributed by atoms with Gasteiger partial charge in [0.1, 0.15) is 22.8 Å². The van der Waals surface area contributed by atoms with Gasteiger partial charge < -0.3 is 20.7 Å². The Kier molecular flexibility index (Phi) is 6.95. The van der Waals surface area contributed by atoms with Crippen LogP contribution in [0.2, 0.25) is 0 Å². The normalized spacial score (nSPS) is 25.9. The van der Waals surface area contributed by atoms with Gasteiger partial charge in [0.25, 0.3) is 0 Å². The summed E-state index contributed by atoms with van der Waals surface area (Å²) in [6, 6.07) is 6.32. The van der Waals surface area contributed by atoms with Gasteiger partial charge in [-0.3, -0.25) is 9.69 Å². The van der Waals surface area contributed by atoms with Crippen molar-refractivity contribution in [3.05, 3.63) is 41.8 Å². The van der Waals surface area contributed by atoms with Crippen molar-refractivity contribution in [3.63, 3.8) is 0 Å². The molecule has 1 spiro atoms. The fourth-order valence-electron chi connectivity index (χ4n) is 6.22. The standard InChI is InChI=1S/C30H41FN6O3/c1-7-13-32-23-21(16-33-25(36-23)34-20-10-8-9-19(31)14-20)28(5)17-29(18-28)15-22(29)35-24(38)30(11-12-30)37(6)26(39)40-27(2,3)4/h8-10,14,16,22H,7,11-13,15,17-18H2,1-6H3,(H,35,38)(H2,32,33,34,36). The lowest BCUT2D eigenvalue weighted by atomic mass is 9.57. The molecule has 216 valence electrons. The number of nitrogens with one attached hydrogen (secondary N) is 3. The van der Waals surface area contributed by atoms with Gasteiger partial charge in [0, 0.05) is 37.1 Å². The summed E-state index contributed by atoms with van der Waals surface area (Å²) in [4.78, 5) is 36.7. The van der Waals surface area contributed by atoms with Gasteiger partial charge in [-0.05, 0) is 88.3 Å². The predicted molar refractivity (Wildman–Crippen MR) is 152 cm³/mol. The first kappa shape index (κ1) is 28.1. The maximum absolute atomic E-state index is 13.6. The summed E-state index contributed by atoms with van der Waals surface area (Å²) in [5.41, 5.74) is 0.150. The van der Waals surface area contributed by atoms with Crippen LogP contribution in [0.4, 0.5) is 26.6 Å². The zero-order valence-corrected chi connectivity index (χ0v) is 24.4. The van der Waals surface area contributed by atoms with Crippen LogP contribution in [0.15, 0.2) is 30.5 Å². The van der Waals surface area contributed by atoms with E-state index < -0.39 is 17.2 Å². The highest BCUT2D eigenvalue weighted by Gasteiger charge is 2.68. The van der Waals surface area contributed by atoms with Crippen LogP contribution < -0.4 is 16.0 Å². The molecule has 3 fully saturated rings. The summed E-state index contributed by atoms with van der Waals surface area (Å²) in [6.07, 6.45) is 6.40. The summed E-state index contributed by atoms with van der Waals surface area (Å²) in [6.45, 7) is 10.6. The molecule has 0 aliphatic heterocycles. The molecule has 3 aliphatic rings. The molecule has 2 aromatic rings. The van der Waals surface area contributed by atoms with Gasteiger partial charge in [-0.2, -0.15) is 4.98 Å². The van der Waals surface area contributed by atoms with Crippen LogP contribution >= 0.6 is 0 Å². The molecule has 3 N–H and O–H groups in total. The number of rotatable bonds is 9. The minimum atomic E-state index is -0.811. The van der Waals surface area contributed by atoms with Gasteiger partial charge in [0.2, 0.25) is 11.9 Å². The van der Waals surface area contributed by atoms with Crippen LogP contribution in [-0.2, 0) is 14.9 Å². The number of amides is 2. The SMILES string of the molecule is CCCNc1nc(Nc2cccc(F)c2)ncc1C1(C)CC2(CC2NC(=O)C2(N(C)C(=O)OC(C)(C)C)CC2)C1. The quantitative estimate of drug-likeness (QED) is 0.377. The average molecular weight is 553 g/mol. The fourth-order valence-corrected chi connectivity index (χ4v) is 6.22. The molecule has 1 aromatic heterocycles. The van der Waals surface area contributed by atoms with Gasteiger partial charge in [-0.1, -0.05) is 19.9 Å². The lowest BCUT2D eigenvalue weighted by Gasteiger charge is -2.47. The Balaban J connectivity index is 1.23. The minimum Gasteiger partial charge on any atom is -0.444 e. The number of aromatic nitrogens is 2. The molecule has 3 aliphatic carbocycles. The second-order valence-corrected chi connectivity index (χ2v) is 13.1. The van der Waals surface area contributed by atoms with E-state index in [4.69, 9.17) is 9.72 Å². The number of hydrogen-bond acceptors (Lipinski definition) is 7. The lowest BCUT2D eigenvalue weighted by molar-refractivity contribution is -0.128. The van der Waals surface area contributed by atoms with E-state index in [1.165, 1.54) is 17.0 Å². The molecule has 2 amide bonds. The van der Waals surface area contributed by atoms with Gasteiger partial charge in [-0.25, -0.2) is 14.2 Å². The molecule has 0 saturated heterocycles. The lowest BCUT2D eigenvalue weighted by Crippen LogP contribution is -2.53. The molecule has 10 heteroatoms. The molecule has 9 nitrogen and oxygen atoms in total. The maximum Gasteiger partial charge on any atom is 0.410 e. The van der Waals surface area contributed by atoms with Crippen molar-refractivity contribution in [2.45, 2.75) is 95.7 Å². The van der Waals surface area contributed by atoms with Crippen molar-refractivity contribution in [2.75, 3.05) is 24.2 Å². The van der Waals surface area contributed by atoms with Crippen molar-refractivity contribution in [1.29, 1.82) is 0 Å². The molecule has 5 rings (SSSR count). The van der Waals surface area contributed by atoms with Crippen LogP contribution in [0.3, 0.4) is 0 Å². The number of ether oxygens (including phenoxy) is 1. The number of carbonyl (C=O) groups is 2. The molecule has 0 bridgehead atoms. The largest absolute Gasteiger partial charge is 0.444 e. The third kappa shape index (κ3) is 5.45. The van der Waals surface area contributed by atoms with Crippen LogP contribution in [-0.4, -0.2) is 57.6 Å². The molecule has 1 aromatic carbocycles. The predicted octanol–water partition coefficient (Wildman–Crippen LogP) is 5.51. The second kappa shape index (κ2) is 9.89. The maximum atomic E-state index is 13.6. The van der Waals surface area contributed by atoms with Gasteiger partial charge >= 0.3 is 6.09 Å². The third-order valence-corrected chi connectivity index (χ3v) is 8.50. The molecule has 1 unspecified atom stereocenters. The number of anilines is 3. The average Bonchev–Trinajstić information content (AvgIpc) is 3.77. The van der Waals surface area contributed by atoms with Crippen LogP contribution in [0.1, 0.15) is 78.7 Å². The van der Waals surface area contributed by atoms with Crippen LogP contribution in [0.5, 0.6) is 0 Å². The highest BCUT2D eigenvalue weighted by Crippen LogP contribution is 2.69. The van der Waals surface area contributed by atoms with Gasteiger partial charge in [-0.15, -0.1) is 0 Å². The topological polar surface area (TPSA) is 108 Å². The third-order valence-electron chi connectivity index (χ3n) is 8.50. The number of carbonyl (C=O) groups excluding carboxylic acids is 2.